The molecule has 0 aliphatic heterocycles. The van der Waals surface area contributed by atoms with Crippen LogP contribution in [0.5, 0.6) is 0 Å². The van der Waals surface area contributed by atoms with Crippen LogP contribution in [0, 0.1) is 5.82 Å². The molecule has 1 heterocycles. The number of nitrogens with zero attached hydrogens (tertiary/aromatic N) is 2. The second-order valence-electron chi connectivity index (χ2n) is 4.57. The third kappa shape index (κ3) is 3.23. The van der Waals surface area contributed by atoms with Crippen molar-refractivity contribution in [1.82, 2.24) is 9.55 Å². The molecule has 0 fully saturated rings. The van der Waals surface area contributed by atoms with E-state index in [4.69, 9.17) is 4.74 Å². The van der Waals surface area contributed by atoms with Gasteiger partial charge in [-0.15, -0.1) is 0 Å². The van der Waals surface area contributed by atoms with Crippen LogP contribution in [0.25, 0.3) is 0 Å². The van der Waals surface area contributed by atoms with Crippen molar-refractivity contribution >= 4 is 0 Å². The molecule has 108 valence electrons. The molecule has 2 atom stereocenters. The van der Waals surface area contributed by atoms with Crippen molar-refractivity contribution in [3.05, 3.63) is 53.9 Å². The number of ether oxygens (including phenoxy) is 1. The Balaban J connectivity index is 2.15. The van der Waals surface area contributed by atoms with Crippen molar-refractivity contribution in [2.24, 2.45) is 0 Å². The van der Waals surface area contributed by atoms with Gasteiger partial charge in [-0.3, -0.25) is 0 Å². The van der Waals surface area contributed by atoms with Crippen LogP contribution >= 0.6 is 0 Å². The Hall–Kier alpha value is -1.72. The van der Waals surface area contributed by atoms with E-state index >= 15 is 0 Å². The zero-order valence-corrected chi connectivity index (χ0v) is 11.7. The second-order valence-corrected chi connectivity index (χ2v) is 4.57. The predicted molar refractivity (Wildman–Crippen MR) is 73.6 cm³/mol. The number of hydrogen-bond acceptors (Lipinski definition) is 3. The number of hydrogen-bond donors (Lipinski definition) is 1. The van der Waals surface area contributed by atoms with Gasteiger partial charge in [0.25, 0.3) is 0 Å². The van der Waals surface area contributed by atoms with Gasteiger partial charge in [0.2, 0.25) is 0 Å². The maximum Gasteiger partial charge on any atom is 0.137 e. The minimum atomic E-state index is -0.919. The molecule has 1 N–H and O–H groups in total. The first-order chi connectivity index (χ1) is 9.63. The molecule has 5 heteroatoms. The molecule has 0 amide bonds. The maximum absolute atomic E-state index is 13.6. The zero-order chi connectivity index (χ0) is 14.5. The van der Waals surface area contributed by atoms with E-state index in [1.54, 1.807) is 35.2 Å². The van der Waals surface area contributed by atoms with Gasteiger partial charge in [-0.25, -0.2) is 9.37 Å². The highest BCUT2D eigenvalue weighted by atomic mass is 19.1. The largest absolute Gasteiger partial charge is 0.386 e. The number of aliphatic hydroxyl groups excluding tert-OH is 1. The lowest BCUT2D eigenvalue weighted by Gasteiger charge is -2.17. The molecule has 0 radical (unpaired) electrons. The molecule has 0 saturated carbocycles. The van der Waals surface area contributed by atoms with Gasteiger partial charge in [-0.1, -0.05) is 18.2 Å². The number of benzene rings is 1. The molecule has 0 spiro atoms. The number of imidazole rings is 1. The van der Waals surface area contributed by atoms with Gasteiger partial charge in [0, 0.05) is 24.6 Å². The van der Waals surface area contributed by atoms with Gasteiger partial charge >= 0.3 is 0 Å². The van der Waals surface area contributed by atoms with E-state index in [0.717, 1.165) is 5.82 Å². The molecule has 0 bridgehead atoms. The van der Waals surface area contributed by atoms with E-state index in [-0.39, 0.29) is 18.2 Å². The predicted octanol–water partition coefficient (Wildman–Crippen LogP) is 2.85. The normalized spacial score (nSPS) is 14.2. The van der Waals surface area contributed by atoms with E-state index in [9.17, 15) is 9.50 Å². The Morgan fingerprint density at radius 3 is 2.85 bits per heavy atom. The molecule has 1 aromatic heterocycles. The van der Waals surface area contributed by atoms with Crippen LogP contribution in [0.1, 0.15) is 37.4 Å². The van der Waals surface area contributed by atoms with Crippen LogP contribution in [-0.2, 0) is 11.3 Å². The van der Waals surface area contributed by atoms with Crippen molar-refractivity contribution in [2.75, 3.05) is 6.61 Å². The summed E-state index contributed by atoms with van der Waals surface area (Å²) < 4.78 is 20.9. The van der Waals surface area contributed by atoms with Crippen LogP contribution in [0.2, 0.25) is 0 Å². The number of rotatable bonds is 6. The molecule has 2 aromatic rings. The summed E-state index contributed by atoms with van der Waals surface area (Å²) in [7, 11) is 0. The Bertz CT molecular complexity index is 556. The molecular formula is C15H19FN2O2. The summed E-state index contributed by atoms with van der Waals surface area (Å²) in [6.07, 6.45) is 2.33. The standard InChI is InChI=1S/C15H19FN2O2/c1-3-20-11(2)15-17-8-9-18(15)10-14(19)12-6-4-5-7-13(12)16/h4-9,11,14,19H,3,10H2,1-2H3/t11-,14+/m1/s1. The van der Waals surface area contributed by atoms with Crippen molar-refractivity contribution in [1.29, 1.82) is 0 Å². The Morgan fingerprint density at radius 1 is 1.40 bits per heavy atom. The zero-order valence-electron chi connectivity index (χ0n) is 11.7. The van der Waals surface area contributed by atoms with Crippen LogP contribution in [0.4, 0.5) is 4.39 Å². The third-order valence-corrected chi connectivity index (χ3v) is 3.16. The van der Waals surface area contributed by atoms with Gasteiger partial charge in [-0.05, 0) is 19.9 Å². The first-order valence-corrected chi connectivity index (χ1v) is 6.68. The SMILES string of the molecule is CCO[C@H](C)c1nccn1C[C@H](O)c1ccccc1F. The molecule has 0 unspecified atom stereocenters. The summed E-state index contributed by atoms with van der Waals surface area (Å²) >= 11 is 0. The highest BCUT2D eigenvalue weighted by Crippen LogP contribution is 2.21. The smallest absolute Gasteiger partial charge is 0.137 e. The summed E-state index contributed by atoms with van der Waals surface area (Å²) in [6.45, 7) is 4.65. The summed E-state index contributed by atoms with van der Waals surface area (Å²) in [5, 5.41) is 10.2. The minimum Gasteiger partial charge on any atom is -0.386 e. The van der Waals surface area contributed by atoms with Crippen molar-refractivity contribution in [3.8, 4) is 0 Å². The fourth-order valence-corrected chi connectivity index (χ4v) is 2.19. The Labute approximate surface area is 117 Å². The Morgan fingerprint density at radius 2 is 2.15 bits per heavy atom. The number of aromatic nitrogens is 2. The van der Waals surface area contributed by atoms with Crippen LogP contribution in [0.15, 0.2) is 36.7 Å². The quantitative estimate of drug-likeness (QED) is 0.884. The van der Waals surface area contributed by atoms with E-state index in [1.165, 1.54) is 6.07 Å². The van der Waals surface area contributed by atoms with Crippen LogP contribution in [-0.4, -0.2) is 21.3 Å². The minimum absolute atomic E-state index is 0.164. The fraction of sp³-hybridized carbons (Fsp3) is 0.400. The van der Waals surface area contributed by atoms with Crippen LogP contribution < -0.4 is 0 Å². The van der Waals surface area contributed by atoms with Gasteiger partial charge in [0.15, 0.2) is 0 Å². The highest BCUT2D eigenvalue weighted by molar-refractivity contribution is 5.19. The third-order valence-electron chi connectivity index (χ3n) is 3.16. The topological polar surface area (TPSA) is 47.3 Å². The van der Waals surface area contributed by atoms with Crippen molar-refractivity contribution < 1.29 is 14.2 Å². The molecule has 2 rings (SSSR count). The van der Waals surface area contributed by atoms with Gasteiger partial charge < -0.3 is 14.4 Å². The average Bonchev–Trinajstić information content (AvgIpc) is 2.87. The summed E-state index contributed by atoms with van der Waals surface area (Å²) in [5.41, 5.74) is 0.288. The molecule has 0 aliphatic rings. The lowest BCUT2D eigenvalue weighted by molar-refractivity contribution is 0.0642. The fourth-order valence-electron chi connectivity index (χ4n) is 2.19. The molecule has 0 aliphatic carbocycles. The van der Waals surface area contributed by atoms with Gasteiger partial charge in [0.05, 0.1) is 12.6 Å². The molecule has 1 aromatic carbocycles. The van der Waals surface area contributed by atoms with Crippen LogP contribution in [0.3, 0.4) is 0 Å². The summed E-state index contributed by atoms with van der Waals surface area (Å²) in [5.74, 6) is 0.321. The van der Waals surface area contributed by atoms with E-state index in [2.05, 4.69) is 4.98 Å². The summed E-state index contributed by atoms with van der Waals surface area (Å²) in [4.78, 5) is 4.24. The van der Waals surface area contributed by atoms with E-state index in [0.29, 0.717) is 6.61 Å². The average molecular weight is 278 g/mol. The molecule has 20 heavy (non-hydrogen) atoms. The molecule has 4 nitrogen and oxygen atoms in total. The van der Waals surface area contributed by atoms with E-state index in [1.807, 2.05) is 13.8 Å². The summed E-state index contributed by atoms with van der Waals surface area (Å²) in [6, 6.07) is 6.24. The second kappa shape index (κ2) is 6.63. The highest BCUT2D eigenvalue weighted by Gasteiger charge is 2.17. The first kappa shape index (κ1) is 14.7. The first-order valence-electron chi connectivity index (χ1n) is 6.68. The van der Waals surface area contributed by atoms with Gasteiger partial charge in [0.1, 0.15) is 17.7 Å². The number of halogens is 1. The van der Waals surface area contributed by atoms with Crippen molar-refractivity contribution in [3.63, 3.8) is 0 Å². The molecular weight excluding hydrogens is 259 g/mol. The van der Waals surface area contributed by atoms with Crippen molar-refractivity contribution in [2.45, 2.75) is 32.6 Å². The Kier molecular flexibility index (Phi) is 4.87. The number of aliphatic hydroxyl groups is 1. The monoisotopic (exact) mass is 278 g/mol. The van der Waals surface area contributed by atoms with E-state index < -0.39 is 11.9 Å². The molecule has 0 saturated heterocycles. The lowest BCUT2D eigenvalue weighted by Crippen LogP contribution is -2.15. The maximum atomic E-state index is 13.6. The lowest BCUT2D eigenvalue weighted by atomic mass is 10.1. The van der Waals surface area contributed by atoms with Gasteiger partial charge in [-0.2, -0.15) is 0 Å².